The van der Waals surface area contributed by atoms with Gasteiger partial charge in [-0.1, -0.05) is 0 Å². The highest BCUT2D eigenvalue weighted by atomic mass is 16.4. The number of hydrogen-bond donors (Lipinski definition) is 2. The molecule has 2 aromatic rings. The number of carboxylic acid groups (broad SMARTS) is 1. The molecular formula is C10H12N6O3. The molecule has 100 valence electrons. The molecule has 0 unspecified atom stereocenters. The van der Waals surface area contributed by atoms with Crippen molar-refractivity contribution in [1.82, 2.24) is 30.4 Å². The monoisotopic (exact) mass is 264 g/mol. The Morgan fingerprint density at radius 2 is 2.21 bits per heavy atom. The van der Waals surface area contributed by atoms with Gasteiger partial charge in [0.2, 0.25) is 5.82 Å². The first-order valence-corrected chi connectivity index (χ1v) is 5.46. The number of rotatable bonds is 4. The van der Waals surface area contributed by atoms with Crippen LogP contribution in [0, 0.1) is 5.41 Å². The first kappa shape index (κ1) is 12.9. The van der Waals surface area contributed by atoms with Crippen LogP contribution in [-0.4, -0.2) is 41.5 Å². The second-order valence-corrected chi connectivity index (χ2v) is 4.66. The maximum absolute atomic E-state index is 11.1. The minimum Gasteiger partial charge on any atom is -0.481 e. The number of aromatic amines is 1. The van der Waals surface area contributed by atoms with Crippen molar-refractivity contribution in [2.45, 2.75) is 20.4 Å². The van der Waals surface area contributed by atoms with Crippen LogP contribution in [0.3, 0.4) is 0 Å². The summed E-state index contributed by atoms with van der Waals surface area (Å²) >= 11 is 0. The number of hydrogen-bond acceptors (Lipinski definition) is 6. The lowest BCUT2D eigenvalue weighted by atomic mass is 9.94. The molecule has 0 saturated carbocycles. The zero-order valence-corrected chi connectivity index (χ0v) is 10.4. The number of nitrogens with one attached hydrogen (secondary N) is 1. The van der Waals surface area contributed by atoms with Crippen molar-refractivity contribution < 1.29 is 9.90 Å². The molecule has 0 spiro atoms. The second-order valence-electron chi connectivity index (χ2n) is 4.66. The fraction of sp³-hybridized carbons (Fsp3) is 0.400. The zero-order chi connectivity index (χ0) is 14.0. The van der Waals surface area contributed by atoms with E-state index in [4.69, 9.17) is 5.11 Å². The van der Waals surface area contributed by atoms with Gasteiger partial charge in [-0.25, -0.2) is 9.78 Å². The van der Waals surface area contributed by atoms with Crippen molar-refractivity contribution in [1.29, 1.82) is 0 Å². The zero-order valence-electron chi connectivity index (χ0n) is 10.4. The molecule has 0 saturated heterocycles. The van der Waals surface area contributed by atoms with Crippen LogP contribution in [0.1, 0.15) is 13.8 Å². The number of carbonyl (C=O) groups is 1. The van der Waals surface area contributed by atoms with E-state index < -0.39 is 11.4 Å². The summed E-state index contributed by atoms with van der Waals surface area (Å²) in [4.78, 5) is 22.0. The molecule has 2 N–H and O–H groups in total. The Kier molecular flexibility index (Phi) is 3.11. The van der Waals surface area contributed by atoms with Crippen LogP contribution < -0.4 is 5.56 Å². The summed E-state index contributed by atoms with van der Waals surface area (Å²) in [5, 5.41) is 26.2. The number of tetrazole rings is 1. The van der Waals surface area contributed by atoms with E-state index in [2.05, 4.69) is 25.7 Å². The van der Waals surface area contributed by atoms with Gasteiger partial charge in [-0.3, -0.25) is 9.59 Å². The summed E-state index contributed by atoms with van der Waals surface area (Å²) in [6, 6.07) is 2.76. The molecule has 0 bridgehead atoms. The summed E-state index contributed by atoms with van der Waals surface area (Å²) in [7, 11) is 0. The lowest BCUT2D eigenvalue weighted by Gasteiger charge is -2.18. The maximum atomic E-state index is 11.1. The Morgan fingerprint density at radius 3 is 2.79 bits per heavy atom. The summed E-state index contributed by atoms with van der Waals surface area (Å²) in [5.41, 5.74) is -0.994. The van der Waals surface area contributed by atoms with E-state index in [9.17, 15) is 9.59 Å². The van der Waals surface area contributed by atoms with Crippen LogP contribution in [-0.2, 0) is 11.3 Å². The third-order valence-corrected chi connectivity index (χ3v) is 2.56. The van der Waals surface area contributed by atoms with Gasteiger partial charge in [0.1, 0.15) is 5.69 Å². The van der Waals surface area contributed by atoms with Gasteiger partial charge in [-0.15, -0.1) is 5.10 Å². The average Bonchev–Trinajstić information content (AvgIpc) is 2.77. The number of nitrogens with zero attached hydrogens (tertiary/aromatic N) is 5. The van der Waals surface area contributed by atoms with E-state index in [1.165, 1.54) is 16.8 Å². The molecule has 0 radical (unpaired) electrons. The Balaban J connectivity index is 2.35. The average molecular weight is 264 g/mol. The molecule has 2 heterocycles. The summed E-state index contributed by atoms with van der Waals surface area (Å²) in [5.74, 6) is -0.658. The minimum absolute atomic E-state index is 0.0888. The van der Waals surface area contributed by atoms with E-state index >= 15 is 0 Å². The molecule has 9 heteroatoms. The van der Waals surface area contributed by atoms with Crippen molar-refractivity contribution in [3.8, 4) is 11.5 Å². The van der Waals surface area contributed by atoms with Crippen molar-refractivity contribution in [3.05, 3.63) is 22.5 Å². The maximum Gasteiger partial charge on any atom is 0.310 e. The third kappa shape index (κ3) is 2.64. The van der Waals surface area contributed by atoms with E-state index in [1.807, 2.05) is 0 Å². The van der Waals surface area contributed by atoms with Crippen LogP contribution in [0.25, 0.3) is 11.5 Å². The van der Waals surface area contributed by atoms with Gasteiger partial charge >= 0.3 is 5.97 Å². The summed E-state index contributed by atoms with van der Waals surface area (Å²) in [6.45, 7) is 3.23. The van der Waals surface area contributed by atoms with Crippen molar-refractivity contribution in [2.24, 2.45) is 5.41 Å². The molecule has 2 rings (SSSR count). The Hall–Kier alpha value is -2.58. The van der Waals surface area contributed by atoms with Gasteiger partial charge in [-0.2, -0.15) is 5.10 Å². The van der Waals surface area contributed by atoms with Crippen molar-refractivity contribution in [3.63, 3.8) is 0 Å². The molecule has 0 fully saturated rings. The Bertz CT molecular complexity index is 639. The normalized spacial score (nSPS) is 11.5. The van der Waals surface area contributed by atoms with Crippen LogP contribution in [0.4, 0.5) is 0 Å². The van der Waals surface area contributed by atoms with Gasteiger partial charge in [0.05, 0.1) is 12.0 Å². The van der Waals surface area contributed by atoms with Gasteiger partial charge in [0, 0.05) is 6.07 Å². The van der Waals surface area contributed by atoms with Crippen LogP contribution in [0.2, 0.25) is 0 Å². The third-order valence-electron chi connectivity index (χ3n) is 2.56. The quantitative estimate of drug-likeness (QED) is 0.764. The first-order valence-electron chi connectivity index (χ1n) is 5.46. The predicted molar refractivity (Wildman–Crippen MR) is 63.1 cm³/mol. The number of carboxylic acids is 1. The molecule has 9 nitrogen and oxygen atoms in total. The van der Waals surface area contributed by atoms with E-state index in [0.717, 1.165) is 0 Å². The fourth-order valence-electron chi connectivity index (χ4n) is 1.41. The molecule has 0 aromatic carbocycles. The molecule has 0 aliphatic carbocycles. The number of aliphatic carboxylic acids is 1. The fourth-order valence-corrected chi connectivity index (χ4v) is 1.41. The van der Waals surface area contributed by atoms with Crippen LogP contribution in [0.5, 0.6) is 0 Å². The molecule has 0 aliphatic heterocycles. The van der Waals surface area contributed by atoms with Crippen LogP contribution in [0.15, 0.2) is 16.9 Å². The highest BCUT2D eigenvalue weighted by molar-refractivity contribution is 5.73. The second kappa shape index (κ2) is 4.59. The van der Waals surface area contributed by atoms with Gasteiger partial charge in [0.15, 0.2) is 0 Å². The van der Waals surface area contributed by atoms with E-state index in [1.54, 1.807) is 13.8 Å². The highest BCUT2D eigenvalue weighted by Crippen LogP contribution is 2.20. The van der Waals surface area contributed by atoms with Gasteiger partial charge in [-0.05, 0) is 30.3 Å². The topological polar surface area (TPSA) is 127 Å². The van der Waals surface area contributed by atoms with Crippen LogP contribution >= 0.6 is 0 Å². The minimum atomic E-state index is -1.02. The molecule has 19 heavy (non-hydrogen) atoms. The molecule has 0 atom stereocenters. The largest absolute Gasteiger partial charge is 0.481 e. The number of aromatic nitrogens is 6. The lowest BCUT2D eigenvalue weighted by Crippen LogP contribution is -2.30. The number of H-pyrrole nitrogens is 1. The Labute approximate surface area is 107 Å². The van der Waals surface area contributed by atoms with Crippen molar-refractivity contribution >= 4 is 5.97 Å². The molecule has 2 aromatic heterocycles. The summed E-state index contributed by atoms with van der Waals surface area (Å²) in [6.07, 6.45) is 0. The van der Waals surface area contributed by atoms with Crippen molar-refractivity contribution in [2.75, 3.05) is 0 Å². The smallest absolute Gasteiger partial charge is 0.310 e. The molecule has 0 aliphatic rings. The standard InChI is InChI=1S/C10H12N6O3/c1-10(2,9(18)19)5-16-8(13-14-15-16)6-3-4-7(17)12-11-6/h3-4H,5H2,1-2H3,(H,12,17)(H,18,19). The highest BCUT2D eigenvalue weighted by Gasteiger charge is 2.29. The van der Waals surface area contributed by atoms with Gasteiger partial charge < -0.3 is 5.11 Å². The molecule has 0 amide bonds. The van der Waals surface area contributed by atoms with Gasteiger partial charge in [0.25, 0.3) is 5.56 Å². The summed E-state index contributed by atoms with van der Waals surface area (Å²) < 4.78 is 1.34. The Morgan fingerprint density at radius 1 is 1.47 bits per heavy atom. The van der Waals surface area contributed by atoms with E-state index in [-0.39, 0.29) is 12.1 Å². The predicted octanol–water partition coefficient (Wildman–Crippen LogP) is -0.466. The molecular weight excluding hydrogens is 252 g/mol. The SMILES string of the molecule is CC(C)(Cn1nnnc1-c1ccc(=O)[nH]n1)C(=O)O. The lowest BCUT2D eigenvalue weighted by molar-refractivity contribution is -0.147. The van der Waals surface area contributed by atoms with E-state index in [0.29, 0.717) is 11.5 Å². The first-order chi connectivity index (χ1) is 8.90.